The maximum absolute atomic E-state index is 5.34. The lowest BCUT2D eigenvalue weighted by Gasteiger charge is -2.32. The monoisotopic (exact) mass is 262 g/mol. The van der Waals surface area contributed by atoms with Crippen LogP contribution in [0.3, 0.4) is 0 Å². The number of nitrogens with one attached hydrogen (secondary N) is 1. The van der Waals surface area contributed by atoms with Gasteiger partial charge in [-0.25, -0.2) is 0 Å². The molecule has 19 heavy (non-hydrogen) atoms. The fourth-order valence-electron chi connectivity index (χ4n) is 2.78. The molecule has 0 aliphatic carbocycles. The predicted molar refractivity (Wildman–Crippen MR) is 81.2 cm³/mol. The largest absolute Gasteiger partial charge is 0.496 e. The molecule has 0 spiro atoms. The zero-order chi connectivity index (χ0) is 13.8. The third-order valence-electron chi connectivity index (χ3n) is 3.98. The van der Waals surface area contributed by atoms with Crippen molar-refractivity contribution >= 4 is 5.69 Å². The van der Waals surface area contributed by atoms with E-state index < -0.39 is 0 Å². The van der Waals surface area contributed by atoms with E-state index in [1.165, 1.54) is 24.1 Å². The zero-order valence-corrected chi connectivity index (χ0v) is 12.6. The second kappa shape index (κ2) is 6.29. The molecule has 1 aromatic carbocycles. The Balaban J connectivity index is 2.13. The quantitative estimate of drug-likeness (QED) is 0.887. The maximum Gasteiger partial charge on any atom is 0.121 e. The van der Waals surface area contributed by atoms with Gasteiger partial charge in [-0.3, -0.25) is 0 Å². The highest BCUT2D eigenvalue weighted by Crippen LogP contribution is 2.25. The summed E-state index contributed by atoms with van der Waals surface area (Å²) < 4.78 is 5.34. The van der Waals surface area contributed by atoms with Crippen LogP contribution in [0, 0.1) is 6.92 Å². The van der Waals surface area contributed by atoms with Crippen molar-refractivity contribution in [3.8, 4) is 5.75 Å². The molecule has 2 unspecified atom stereocenters. The van der Waals surface area contributed by atoms with Gasteiger partial charge in [0.05, 0.1) is 7.11 Å². The number of benzene rings is 1. The summed E-state index contributed by atoms with van der Waals surface area (Å²) in [6.07, 6.45) is 2.38. The van der Waals surface area contributed by atoms with Crippen molar-refractivity contribution < 1.29 is 4.74 Å². The first-order valence-corrected chi connectivity index (χ1v) is 7.26. The fraction of sp³-hybridized carbons (Fsp3) is 0.625. The second-order valence-electron chi connectivity index (χ2n) is 5.69. The summed E-state index contributed by atoms with van der Waals surface area (Å²) in [5.74, 6) is 0.971. The van der Waals surface area contributed by atoms with Crippen molar-refractivity contribution in [2.24, 2.45) is 0 Å². The van der Waals surface area contributed by atoms with Crippen molar-refractivity contribution in [1.29, 1.82) is 0 Å². The average Bonchev–Trinajstić information content (AvgIpc) is 2.36. The molecule has 1 aliphatic rings. The number of anilines is 1. The van der Waals surface area contributed by atoms with E-state index in [9.17, 15) is 0 Å². The molecule has 1 N–H and O–H groups in total. The van der Waals surface area contributed by atoms with E-state index in [2.05, 4.69) is 49.2 Å². The maximum atomic E-state index is 5.34. The smallest absolute Gasteiger partial charge is 0.121 e. The minimum Gasteiger partial charge on any atom is -0.496 e. The molecule has 106 valence electrons. The van der Waals surface area contributed by atoms with Crippen molar-refractivity contribution in [3.05, 3.63) is 23.8 Å². The summed E-state index contributed by atoms with van der Waals surface area (Å²) in [6, 6.07) is 7.68. The lowest BCUT2D eigenvalue weighted by atomic mass is 10.1. The number of hydrogen-bond donors (Lipinski definition) is 1. The van der Waals surface area contributed by atoms with Gasteiger partial charge in [-0.05, 0) is 57.4 Å². The molecule has 0 radical (unpaired) electrons. The summed E-state index contributed by atoms with van der Waals surface area (Å²) in [4.78, 5) is 2.50. The van der Waals surface area contributed by atoms with E-state index in [1.807, 2.05) is 0 Å². The Morgan fingerprint density at radius 3 is 2.32 bits per heavy atom. The molecule has 2 atom stereocenters. The van der Waals surface area contributed by atoms with Gasteiger partial charge in [0.1, 0.15) is 5.75 Å². The molecule has 1 saturated heterocycles. The standard InChI is InChI=1S/C16H26N2O/c1-12-11-15(5-6-16(12)19-4)18-9-7-13(2)17-14(3)8-10-18/h5-6,11,13-14,17H,7-10H2,1-4H3. The van der Waals surface area contributed by atoms with Gasteiger partial charge in [0.15, 0.2) is 0 Å². The van der Waals surface area contributed by atoms with Gasteiger partial charge < -0.3 is 15.0 Å². The number of methoxy groups -OCH3 is 1. The molecule has 0 amide bonds. The Kier molecular flexibility index (Phi) is 4.70. The summed E-state index contributed by atoms with van der Waals surface area (Å²) in [5.41, 5.74) is 2.53. The van der Waals surface area contributed by atoms with Crippen LogP contribution in [-0.4, -0.2) is 32.3 Å². The van der Waals surface area contributed by atoms with Crippen molar-refractivity contribution in [3.63, 3.8) is 0 Å². The Hall–Kier alpha value is -1.22. The Bertz CT molecular complexity index is 407. The van der Waals surface area contributed by atoms with Crippen LogP contribution in [0.1, 0.15) is 32.3 Å². The van der Waals surface area contributed by atoms with Crippen LogP contribution in [0.4, 0.5) is 5.69 Å². The van der Waals surface area contributed by atoms with Gasteiger partial charge in [-0.15, -0.1) is 0 Å². The number of aryl methyl sites for hydroxylation is 1. The van der Waals surface area contributed by atoms with E-state index in [0.717, 1.165) is 18.8 Å². The summed E-state index contributed by atoms with van der Waals surface area (Å²) in [7, 11) is 1.73. The van der Waals surface area contributed by atoms with E-state index in [4.69, 9.17) is 4.74 Å². The molecule has 1 heterocycles. The molecule has 3 nitrogen and oxygen atoms in total. The zero-order valence-electron chi connectivity index (χ0n) is 12.6. The first-order chi connectivity index (χ1) is 9.10. The third-order valence-corrected chi connectivity index (χ3v) is 3.98. The molecule has 3 heteroatoms. The van der Waals surface area contributed by atoms with Crippen LogP contribution in [-0.2, 0) is 0 Å². The van der Waals surface area contributed by atoms with Gasteiger partial charge in [0.2, 0.25) is 0 Å². The summed E-state index contributed by atoms with van der Waals surface area (Å²) in [5, 5.41) is 3.64. The Morgan fingerprint density at radius 2 is 1.79 bits per heavy atom. The Morgan fingerprint density at radius 1 is 1.16 bits per heavy atom. The van der Waals surface area contributed by atoms with Crippen LogP contribution < -0.4 is 15.0 Å². The van der Waals surface area contributed by atoms with Gasteiger partial charge in [-0.1, -0.05) is 0 Å². The van der Waals surface area contributed by atoms with Crippen molar-refractivity contribution in [1.82, 2.24) is 5.32 Å². The average molecular weight is 262 g/mol. The summed E-state index contributed by atoms with van der Waals surface area (Å²) in [6.45, 7) is 8.90. The van der Waals surface area contributed by atoms with Crippen molar-refractivity contribution in [2.75, 3.05) is 25.1 Å². The fourth-order valence-corrected chi connectivity index (χ4v) is 2.78. The first kappa shape index (κ1) is 14.2. The highest BCUT2D eigenvalue weighted by atomic mass is 16.5. The topological polar surface area (TPSA) is 24.5 Å². The van der Waals surface area contributed by atoms with Crippen molar-refractivity contribution in [2.45, 2.75) is 45.7 Å². The van der Waals surface area contributed by atoms with Crippen LogP contribution in [0.25, 0.3) is 0 Å². The lowest BCUT2D eigenvalue weighted by molar-refractivity contribution is 0.403. The molecular weight excluding hydrogens is 236 g/mol. The van der Waals surface area contributed by atoms with Crippen LogP contribution in [0.15, 0.2) is 18.2 Å². The minimum absolute atomic E-state index is 0.595. The highest BCUT2D eigenvalue weighted by molar-refractivity contribution is 5.53. The van der Waals surface area contributed by atoms with Crippen LogP contribution in [0.2, 0.25) is 0 Å². The lowest BCUT2D eigenvalue weighted by Crippen LogP contribution is -2.43. The van der Waals surface area contributed by atoms with Gasteiger partial charge in [0, 0.05) is 30.9 Å². The third kappa shape index (κ3) is 3.63. The molecule has 0 saturated carbocycles. The predicted octanol–water partition coefficient (Wildman–Crippen LogP) is 2.97. The number of nitrogens with zero attached hydrogens (tertiary/aromatic N) is 1. The molecule has 0 bridgehead atoms. The Labute approximate surface area is 116 Å². The minimum atomic E-state index is 0.595. The molecule has 1 aliphatic heterocycles. The van der Waals surface area contributed by atoms with E-state index in [1.54, 1.807) is 7.11 Å². The number of ether oxygens (including phenoxy) is 1. The molecule has 0 aromatic heterocycles. The normalized spacial score (nSPS) is 24.7. The molecule has 1 fully saturated rings. The van der Waals surface area contributed by atoms with Gasteiger partial charge in [0.25, 0.3) is 0 Å². The van der Waals surface area contributed by atoms with Gasteiger partial charge >= 0.3 is 0 Å². The first-order valence-electron chi connectivity index (χ1n) is 7.26. The molecular formula is C16H26N2O. The highest BCUT2D eigenvalue weighted by Gasteiger charge is 2.16. The number of hydrogen-bond acceptors (Lipinski definition) is 3. The van der Waals surface area contributed by atoms with Crippen LogP contribution in [0.5, 0.6) is 5.75 Å². The molecule has 2 rings (SSSR count). The van der Waals surface area contributed by atoms with Crippen LogP contribution >= 0.6 is 0 Å². The van der Waals surface area contributed by atoms with E-state index in [-0.39, 0.29) is 0 Å². The van der Waals surface area contributed by atoms with Gasteiger partial charge in [-0.2, -0.15) is 0 Å². The number of rotatable bonds is 2. The molecule has 1 aromatic rings. The van der Waals surface area contributed by atoms with E-state index in [0.29, 0.717) is 12.1 Å². The van der Waals surface area contributed by atoms with E-state index >= 15 is 0 Å². The second-order valence-corrected chi connectivity index (χ2v) is 5.69. The summed E-state index contributed by atoms with van der Waals surface area (Å²) >= 11 is 0. The SMILES string of the molecule is COc1ccc(N2CCC(C)NC(C)CC2)cc1C.